The van der Waals surface area contributed by atoms with Crippen LogP contribution in [0.15, 0.2) is 194 Å². The minimum absolute atomic E-state index is 0.0622. The molecule has 0 aromatic carbocycles. The number of hydrogen-bond acceptors (Lipinski definition) is 14. The Hall–Kier alpha value is -5.61. The highest BCUT2D eigenvalue weighted by molar-refractivity contribution is 7.47. The third kappa shape index (κ3) is 77.3. The van der Waals surface area contributed by atoms with Gasteiger partial charge in [-0.05, 0) is 161 Å². The van der Waals surface area contributed by atoms with E-state index in [1.165, 1.54) is 19.3 Å². The fourth-order valence-corrected chi connectivity index (χ4v) is 11.1. The van der Waals surface area contributed by atoms with Crippen molar-refractivity contribution in [1.82, 2.24) is 0 Å². The number of hydrogen-bond donors (Lipinski definition) is 4. The van der Waals surface area contributed by atoms with Crippen LogP contribution in [-0.2, 0) is 55.8 Å². The summed E-state index contributed by atoms with van der Waals surface area (Å²) in [5.74, 6) is -1.65. The number of unbranched alkanes of at least 4 members (excludes halogenated alkanes) is 16. The standard InChI is InChI=1S/C85H136O16P2/c1-4-7-10-13-16-19-22-25-28-31-33-35-37-38-39-40-42-44-45-48-50-53-56-59-62-65-68-71-83(88)95-74-80(86)75-97-102(91,92)98-76-81(87)77-99-103(93,94)100-79-82(101-85(90)73-70-67-64-61-58-55-52-47-30-27-24-21-18-15-12-9-6-3)78-96-84(89)72-69-66-63-60-57-54-51-49-46-43-41-36-34-32-29-26-23-20-17-14-11-8-5-2/h7-12,16-21,25-30,33-36,38-39,42-44,46,51-52,54-55,80-82,86-87H,4-6,13-15,22-24,31-32,37,40-41,45,47-50,53,56-79H2,1-3H3,(H,91,92)(H,93,94)/b10-7-,11-8-,12-9-,19-16-,20-17-,21-18-,28-25-,29-26-,30-27-,35-33-,36-34-,39-38-,44-42-,46-43-,54-51-,55-52-. The molecule has 103 heavy (non-hydrogen) atoms. The van der Waals surface area contributed by atoms with Gasteiger partial charge in [-0.1, -0.05) is 279 Å². The smallest absolute Gasteiger partial charge is 0.463 e. The SMILES string of the molecule is CC/C=C\C/C=C\C/C=C\C/C=C\C/C=C\C/C=C\CCCCCCCCCCC(=O)OCC(O)COP(=O)(O)OCC(O)COP(=O)(O)OCC(COC(=O)CCCCCC/C=C\C/C=C\C/C=C\C/C=C\C/C=C\C/C=C\CC)OC(=O)CCCCCC/C=C\C/C=C\C/C=C\C/C=C\CC. The number of allylic oxidation sites excluding steroid dienone is 32. The molecule has 0 aliphatic rings. The predicted molar refractivity (Wildman–Crippen MR) is 426 cm³/mol. The second-order valence-corrected chi connectivity index (χ2v) is 27.9. The van der Waals surface area contributed by atoms with Gasteiger partial charge in [0.1, 0.15) is 25.4 Å². The summed E-state index contributed by atoms with van der Waals surface area (Å²) in [6.07, 6.45) is 99.0. The predicted octanol–water partition coefficient (Wildman–Crippen LogP) is 22.8. The van der Waals surface area contributed by atoms with Crippen LogP contribution in [0.3, 0.4) is 0 Å². The Morgan fingerprint density at radius 1 is 0.272 bits per heavy atom. The molecule has 4 N–H and O–H groups in total. The number of rotatable bonds is 71. The topological polar surface area (TPSA) is 231 Å². The second-order valence-electron chi connectivity index (χ2n) is 25.0. The highest BCUT2D eigenvalue weighted by atomic mass is 31.2. The van der Waals surface area contributed by atoms with E-state index in [4.69, 9.17) is 32.3 Å². The highest BCUT2D eigenvalue weighted by Crippen LogP contribution is 2.45. The van der Waals surface area contributed by atoms with E-state index in [9.17, 15) is 43.5 Å². The van der Waals surface area contributed by atoms with Crippen molar-refractivity contribution in [3.05, 3.63) is 194 Å². The Labute approximate surface area is 623 Å². The van der Waals surface area contributed by atoms with E-state index in [1.807, 2.05) is 0 Å². The summed E-state index contributed by atoms with van der Waals surface area (Å²) >= 11 is 0. The lowest BCUT2D eigenvalue weighted by molar-refractivity contribution is -0.161. The van der Waals surface area contributed by atoms with Gasteiger partial charge < -0.3 is 34.2 Å². The number of phosphoric ester groups is 2. The van der Waals surface area contributed by atoms with Crippen molar-refractivity contribution in [3.8, 4) is 0 Å². The van der Waals surface area contributed by atoms with Crippen LogP contribution in [0.1, 0.15) is 265 Å². The van der Waals surface area contributed by atoms with Gasteiger partial charge in [0.25, 0.3) is 0 Å². The van der Waals surface area contributed by atoms with Crippen LogP contribution in [0.25, 0.3) is 0 Å². The molecule has 5 atom stereocenters. The molecule has 0 radical (unpaired) electrons. The molecule has 18 heteroatoms. The lowest BCUT2D eigenvalue weighted by Gasteiger charge is -2.21. The average molecular weight is 1480 g/mol. The van der Waals surface area contributed by atoms with Crippen LogP contribution in [0, 0.1) is 0 Å². The molecular weight excluding hydrogens is 1340 g/mol. The van der Waals surface area contributed by atoms with E-state index in [-0.39, 0.29) is 19.3 Å². The summed E-state index contributed by atoms with van der Waals surface area (Å²) in [5.41, 5.74) is 0. The Morgan fingerprint density at radius 3 is 0.767 bits per heavy atom. The quantitative estimate of drug-likeness (QED) is 0.0146. The van der Waals surface area contributed by atoms with E-state index in [1.54, 1.807) is 0 Å². The summed E-state index contributed by atoms with van der Waals surface area (Å²) in [5, 5.41) is 20.6. The summed E-state index contributed by atoms with van der Waals surface area (Å²) in [6, 6.07) is 0. The van der Waals surface area contributed by atoms with Crippen molar-refractivity contribution in [2.45, 2.75) is 283 Å². The highest BCUT2D eigenvalue weighted by Gasteiger charge is 2.29. The molecule has 0 aromatic heterocycles. The first-order valence-electron chi connectivity index (χ1n) is 38.7. The van der Waals surface area contributed by atoms with Crippen molar-refractivity contribution in [3.63, 3.8) is 0 Å². The van der Waals surface area contributed by atoms with Crippen LogP contribution < -0.4 is 0 Å². The maximum absolute atomic E-state index is 13.0. The molecule has 0 saturated carbocycles. The number of phosphoric acid groups is 2. The normalized spacial score (nSPS) is 15.1. The Morgan fingerprint density at radius 2 is 0.485 bits per heavy atom. The number of ether oxygens (including phenoxy) is 3. The van der Waals surface area contributed by atoms with E-state index in [2.05, 4.69) is 215 Å². The van der Waals surface area contributed by atoms with Gasteiger partial charge in [-0.3, -0.25) is 32.5 Å². The van der Waals surface area contributed by atoms with Crippen LogP contribution in [0.4, 0.5) is 0 Å². The van der Waals surface area contributed by atoms with Gasteiger partial charge >= 0.3 is 33.6 Å². The zero-order valence-corrected chi connectivity index (χ0v) is 65.2. The minimum atomic E-state index is -4.95. The van der Waals surface area contributed by atoms with Gasteiger partial charge in [0.15, 0.2) is 6.10 Å². The Kier molecular flexibility index (Phi) is 71.9. The van der Waals surface area contributed by atoms with Gasteiger partial charge in [0, 0.05) is 19.3 Å². The molecule has 0 aliphatic carbocycles. The molecule has 0 aliphatic heterocycles. The van der Waals surface area contributed by atoms with Crippen molar-refractivity contribution >= 4 is 33.6 Å². The molecule has 0 amide bonds. The summed E-state index contributed by atoms with van der Waals surface area (Å²) in [4.78, 5) is 58.7. The van der Waals surface area contributed by atoms with Crippen molar-refractivity contribution in [2.75, 3.05) is 39.6 Å². The third-order valence-electron chi connectivity index (χ3n) is 15.3. The lowest BCUT2D eigenvalue weighted by Crippen LogP contribution is -2.30. The first-order chi connectivity index (χ1) is 50.2. The summed E-state index contributed by atoms with van der Waals surface area (Å²) in [7, 11) is -9.83. The molecule has 0 spiro atoms. The first kappa shape index (κ1) is 97.4. The van der Waals surface area contributed by atoms with E-state index >= 15 is 0 Å². The van der Waals surface area contributed by atoms with Crippen LogP contribution in [-0.4, -0.2) is 95.9 Å². The fourth-order valence-electron chi connectivity index (χ4n) is 9.51. The van der Waals surface area contributed by atoms with E-state index in [0.29, 0.717) is 19.3 Å². The Balaban J connectivity index is 4.69. The largest absolute Gasteiger partial charge is 0.472 e. The van der Waals surface area contributed by atoms with Crippen molar-refractivity contribution in [2.24, 2.45) is 0 Å². The third-order valence-corrected chi connectivity index (χ3v) is 17.2. The average Bonchev–Trinajstić information content (AvgIpc) is 0.929. The lowest BCUT2D eigenvalue weighted by atomic mass is 10.1. The van der Waals surface area contributed by atoms with Crippen molar-refractivity contribution < 1.29 is 75.8 Å². The van der Waals surface area contributed by atoms with Crippen LogP contribution in [0.5, 0.6) is 0 Å². The van der Waals surface area contributed by atoms with Gasteiger partial charge in [0.05, 0.1) is 26.4 Å². The molecule has 16 nitrogen and oxygen atoms in total. The van der Waals surface area contributed by atoms with E-state index in [0.717, 1.165) is 186 Å². The molecular formula is C85H136O16P2. The molecule has 0 aromatic rings. The minimum Gasteiger partial charge on any atom is -0.463 e. The fraction of sp³-hybridized carbons (Fsp3) is 0.588. The molecule has 0 saturated heterocycles. The molecule has 582 valence electrons. The zero-order valence-electron chi connectivity index (χ0n) is 63.4. The van der Waals surface area contributed by atoms with Gasteiger partial charge in [-0.25, -0.2) is 9.13 Å². The number of carbonyl (C=O) groups excluding carboxylic acids is 3. The number of esters is 3. The molecule has 0 heterocycles. The van der Waals surface area contributed by atoms with Gasteiger partial charge in [-0.15, -0.1) is 0 Å². The monoisotopic (exact) mass is 1470 g/mol. The van der Waals surface area contributed by atoms with Crippen LogP contribution in [0.2, 0.25) is 0 Å². The summed E-state index contributed by atoms with van der Waals surface area (Å²) in [6.45, 7) is 2.24. The maximum Gasteiger partial charge on any atom is 0.472 e. The second kappa shape index (κ2) is 76.1. The van der Waals surface area contributed by atoms with Crippen molar-refractivity contribution in [1.29, 1.82) is 0 Å². The number of aliphatic hydroxyl groups is 2. The molecule has 0 rings (SSSR count). The molecule has 5 unspecified atom stereocenters. The first-order valence-corrected chi connectivity index (χ1v) is 41.7. The van der Waals surface area contributed by atoms with E-state index < -0.39 is 91.5 Å². The number of carbonyl (C=O) groups is 3. The van der Waals surface area contributed by atoms with Gasteiger partial charge in [-0.2, -0.15) is 0 Å². The molecule has 0 bridgehead atoms. The summed E-state index contributed by atoms with van der Waals surface area (Å²) < 4.78 is 61.1. The zero-order chi connectivity index (χ0) is 75.2. The maximum atomic E-state index is 13.0. The number of aliphatic hydroxyl groups excluding tert-OH is 2. The Bertz CT molecular complexity index is 2650. The van der Waals surface area contributed by atoms with Gasteiger partial charge in [0.2, 0.25) is 0 Å². The molecule has 0 fully saturated rings. The van der Waals surface area contributed by atoms with Crippen LogP contribution >= 0.6 is 15.6 Å².